The van der Waals surface area contributed by atoms with Gasteiger partial charge >= 0.3 is 12.4 Å². The largest absolute Gasteiger partial charge is 0.573 e. The van der Waals surface area contributed by atoms with Crippen LogP contribution in [0.25, 0.3) is 28.2 Å². The van der Waals surface area contributed by atoms with Crippen molar-refractivity contribution in [3.8, 4) is 34.0 Å². The maximum absolute atomic E-state index is 12.7. The number of carbonyl (C=O) groups excluding carboxylic acids is 1. The molecular weight excluding hydrogens is 509 g/mol. The number of urea groups is 1. The molecule has 2 heterocycles. The summed E-state index contributed by atoms with van der Waals surface area (Å²) in [5.74, 6) is 0.514. The Balaban J connectivity index is 1.24. The highest BCUT2D eigenvalue weighted by Gasteiger charge is 2.31. The molecule has 2 aromatic heterocycles. The molecule has 0 aliphatic rings. The monoisotopic (exact) mass is 530 g/mol. The molecule has 0 radical (unpaired) electrons. The van der Waals surface area contributed by atoms with Crippen LogP contribution < -0.4 is 15.4 Å². The third-order valence-electron chi connectivity index (χ3n) is 5.70. The van der Waals surface area contributed by atoms with Crippen LogP contribution in [0.5, 0.6) is 5.75 Å². The molecule has 0 unspecified atom stereocenters. The van der Waals surface area contributed by atoms with Gasteiger partial charge in [0.05, 0.1) is 5.69 Å². The summed E-state index contributed by atoms with van der Waals surface area (Å²) in [6.07, 6.45) is -1.69. The van der Waals surface area contributed by atoms with Gasteiger partial charge in [-0.3, -0.25) is 5.32 Å². The summed E-state index contributed by atoms with van der Waals surface area (Å²) in [5.41, 5.74) is 4.59. The Labute approximate surface area is 221 Å². The summed E-state index contributed by atoms with van der Waals surface area (Å²) in [6, 6.07) is 23.3. The predicted octanol–water partition coefficient (Wildman–Crippen LogP) is 6.85. The fourth-order valence-electron chi connectivity index (χ4n) is 3.89. The Bertz CT molecular complexity index is 1600. The van der Waals surface area contributed by atoms with Crippen molar-refractivity contribution in [3.05, 3.63) is 103 Å². The molecule has 0 bridgehead atoms. The third kappa shape index (κ3) is 6.21. The Kier molecular flexibility index (Phi) is 6.96. The quantitative estimate of drug-likeness (QED) is 0.251. The van der Waals surface area contributed by atoms with E-state index in [0.29, 0.717) is 28.6 Å². The van der Waals surface area contributed by atoms with Crippen LogP contribution >= 0.6 is 0 Å². The lowest BCUT2D eigenvalue weighted by Gasteiger charge is -2.13. The van der Waals surface area contributed by atoms with Gasteiger partial charge in [0.15, 0.2) is 5.82 Å². The molecule has 0 saturated heterocycles. The zero-order valence-electron chi connectivity index (χ0n) is 20.5. The minimum Gasteiger partial charge on any atom is -0.406 e. The number of benzene rings is 3. The van der Waals surface area contributed by atoms with Gasteiger partial charge in [0.25, 0.3) is 0 Å². The van der Waals surface area contributed by atoms with Crippen LogP contribution in [0.2, 0.25) is 0 Å². The number of nitrogens with zero attached hydrogens (tertiary/aromatic N) is 4. The summed E-state index contributed by atoms with van der Waals surface area (Å²) in [7, 11) is 0. The zero-order valence-corrected chi connectivity index (χ0v) is 20.5. The molecule has 5 rings (SSSR count). The SMILES string of the molecule is Cc1ccccc1-c1cccnc1NC(=O)Nc1ccc(-c2ncn(-c3ccc(OC(F)(F)F)cc3)n2)cc1. The van der Waals surface area contributed by atoms with Crippen LogP contribution in [0.15, 0.2) is 97.5 Å². The molecule has 0 aliphatic carbocycles. The molecule has 0 atom stereocenters. The number of amides is 2. The maximum Gasteiger partial charge on any atom is 0.573 e. The lowest BCUT2D eigenvalue weighted by molar-refractivity contribution is -0.274. The van der Waals surface area contributed by atoms with Crippen molar-refractivity contribution in [2.24, 2.45) is 0 Å². The molecule has 196 valence electrons. The van der Waals surface area contributed by atoms with E-state index in [1.807, 2.05) is 43.3 Å². The molecule has 8 nitrogen and oxygen atoms in total. The molecule has 0 spiro atoms. The van der Waals surface area contributed by atoms with Gasteiger partial charge in [0.1, 0.15) is 17.9 Å². The van der Waals surface area contributed by atoms with Crippen LogP contribution in [-0.2, 0) is 0 Å². The van der Waals surface area contributed by atoms with E-state index in [-0.39, 0.29) is 5.75 Å². The number of hydrogen-bond donors (Lipinski definition) is 2. The topological polar surface area (TPSA) is 94.0 Å². The first-order valence-electron chi connectivity index (χ1n) is 11.7. The fourth-order valence-corrected chi connectivity index (χ4v) is 3.89. The van der Waals surface area contributed by atoms with Gasteiger partial charge in [-0.1, -0.05) is 24.3 Å². The molecule has 3 aromatic carbocycles. The summed E-state index contributed by atoms with van der Waals surface area (Å²) < 4.78 is 42.4. The van der Waals surface area contributed by atoms with Gasteiger partial charge in [-0.25, -0.2) is 19.4 Å². The van der Waals surface area contributed by atoms with E-state index in [0.717, 1.165) is 16.7 Å². The highest BCUT2D eigenvalue weighted by atomic mass is 19.4. The van der Waals surface area contributed by atoms with Crippen molar-refractivity contribution in [2.45, 2.75) is 13.3 Å². The predicted molar refractivity (Wildman–Crippen MR) is 141 cm³/mol. The summed E-state index contributed by atoms with van der Waals surface area (Å²) in [6.45, 7) is 1.99. The number of aryl methyl sites for hydroxylation is 1. The maximum atomic E-state index is 12.7. The Hall–Kier alpha value is -5.19. The van der Waals surface area contributed by atoms with Crippen LogP contribution in [0, 0.1) is 6.92 Å². The first-order chi connectivity index (χ1) is 18.7. The molecule has 2 amide bonds. The molecule has 0 fully saturated rings. The minimum atomic E-state index is -4.76. The zero-order chi connectivity index (χ0) is 27.4. The Morgan fingerprint density at radius 1 is 0.846 bits per heavy atom. The minimum absolute atomic E-state index is 0.326. The van der Waals surface area contributed by atoms with Crippen molar-refractivity contribution >= 4 is 17.5 Å². The lowest BCUT2D eigenvalue weighted by Crippen LogP contribution is -2.20. The summed E-state index contributed by atoms with van der Waals surface area (Å²) >= 11 is 0. The number of halogens is 3. The van der Waals surface area contributed by atoms with E-state index in [1.165, 1.54) is 35.3 Å². The molecule has 5 aromatic rings. The van der Waals surface area contributed by atoms with E-state index in [1.54, 1.807) is 30.5 Å². The highest BCUT2D eigenvalue weighted by molar-refractivity contribution is 6.01. The molecule has 39 heavy (non-hydrogen) atoms. The Morgan fingerprint density at radius 2 is 1.56 bits per heavy atom. The average molecular weight is 531 g/mol. The number of rotatable bonds is 6. The summed E-state index contributed by atoms with van der Waals surface area (Å²) in [5, 5.41) is 9.98. The second kappa shape index (κ2) is 10.7. The first kappa shape index (κ1) is 25.5. The van der Waals surface area contributed by atoms with Gasteiger partial charge in [0.2, 0.25) is 0 Å². The van der Waals surface area contributed by atoms with Crippen molar-refractivity contribution in [1.29, 1.82) is 0 Å². The number of anilines is 2. The van der Waals surface area contributed by atoms with Crippen LogP contribution in [0.3, 0.4) is 0 Å². The standard InChI is InChI=1S/C28H21F3N6O2/c1-18-5-2-3-6-23(18)24-7-4-16-32-26(24)35-27(38)34-20-10-8-19(9-11-20)25-33-17-37(36-25)21-12-14-22(15-13-21)39-28(29,30)31/h2-17H,1H3,(H2,32,34,35,38). The van der Waals surface area contributed by atoms with E-state index in [4.69, 9.17) is 0 Å². The van der Waals surface area contributed by atoms with E-state index in [9.17, 15) is 18.0 Å². The second-order valence-corrected chi connectivity index (χ2v) is 8.43. The highest BCUT2D eigenvalue weighted by Crippen LogP contribution is 2.29. The molecule has 11 heteroatoms. The van der Waals surface area contributed by atoms with E-state index >= 15 is 0 Å². The third-order valence-corrected chi connectivity index (χ3v) is 5.70. The smallest absolute Gasteiger partial charge is 0.406 e. The van der Waals surface area contributed by atoms with Gasteiger partial charge < -0.3 is 10.1 Å². The van der Waals surface area contributed by atoms with E-state index < -0.39 is 12.4 Å². The van der Waals surface area contributed by atoms with Crippen molar-refractivity contribution in [2.75, 3.05) is 10.6 Å². The molecule has 2 N–H and O–H groups in total. The van der Waals surface area contributed by atoms with Crippen molar-refractivity contribution in [1.82, 2.24) is 19.7 Å². The van der Waals surface area contributed by atoms with Crippen LogP contribution in [0.1, 0.15) is 5.56 Å². The number of pyridine rings is 1. The fraction of sp³-hybridized carbons (Fsp3) is 0.0714. The molecule has 0 saturated carbocycles. The molecular formula is C28H21F3N6O2. The number of aromatic nitrogens is 4. The lowest BCUT2D eigenvalue weighted by atomic mass is 10.0. The Morgan fingerprint density at radius 3 is 2.28 bits per heavy atom. The van der Waals surface area contributed by atoms with Gasteiger partial charge in [-0.15, -0.1) is 18.3 Å². The number of nitrogens with one attached hydrogen (secondary N) is 2. The number of carbonyl (C=O) groups is 1. The number of ether oxygens (including phenoxy) is 1. The van der Waals surface area contributed by atoms with Crippen LogP contribution in [0.4, 0.5) is 29.5 Å². The first-order valence-corrected chi connectivity index (χ1v) is 11.7. The van der Waals surface area contributed by atoms with Gasteiger partial charge in [0, 0.05) is 23.0 Å². The summed E-state index contributed by atoms with van der Waals surface area (Å²) in [4.78, 5) is 21.3. The normalized spacial score (nSPS) is 11.2. The van der Waals surface area contributed by atoms with Gasteiger partial charge in [-0.2, -0.15) is 0 Å². The molecule has 0 aliphatic heterocycles. The van der Waals surface area contributed by atoms with Crippen molar-refractivity contribution in [3.63, 3.8) is 0 Å². The number of hydrogen-bond acceptors (Lipinski definition) is 5. The van der Waals surface area contributed by atoms with E-state index in [2.05, 4.69) is 30.4 Å². The van der Waals surface area contributed by atoms with Crippen molar-refractivity contribution < 1.29 is 22.7 Å². The second-order valence-electron chi connectivity index (χ2n) is 8.43. The van der Waals surface area contributed by atoms with Gasteiger partial charge in [-0.05, 0) is 78.7 Å². The van der Waals surface area contributed by atoms with Crippen LogP contribution in [-0.4, -0.2) is 32.1 Å². The average Bonchev–Trinajstić information content (AvgIpc) is 3.40. The number of alkyl halides is 3.